The minimum Gasteiger partial charge on any atom is -0.481 e. The first-order chi connectivity index (χ1) is 7.38. The summed E-state index contributed by atoms with van der Waals surface area (Å²) in [5, 5.41) is 8.44. The van der Waals surface area contributed by atoms with Gasteiger partial charge >= 0.3 is 5.97 Å². The van der Waals surface area contributed by atoms with E-state index in [1.165, 1.54) is 0 Å². The Kier molecular flexibility index (Phi) is 5.79. The normalized spacial score (nSPS) is 11.2. The molecule has 0 aliphatic rings. The number of carboxylic acids is 1. The van der Waals surface area contributed by atoms with Crippen molar-refractivity contribution in [2.45, 2.75) is 24.8 Å². The van der Waals surface area contributed by atoms with Crippen molar-refractivity contribution in [3.63, 3.8) is 0 Å². The summed E-state index contributed by atoms with van der Waals surface area (Å²) in [5.74, 6) is -2.25. The van der Waals surface area contributed by atoms with Gasteiger partial charge in [0.2, 0.25) is 0 Å². The first-order valence-electron chi connectivity index (χ1n) is 4.86. The van der Waals surface area contributed by atoms with Crippen molar-refractivity contribution < 1.29 is 19.5 Å². The van der Waals surface area contributed by atoms with E-state index in [0.717, 1.165) is 0 Å². The fourth-order valence-corrected chi connectivity index (χ4v) is 1.32. The lowest BCUT2D eigenvalue weighted by atomic mass is 9.84. The Morgan fingerprint density at radius 2 is 1.50 bits per heavy atom. The van der Waals surface area contributed by atoms with E-state index in [2.05, 4.69) is 0 Å². The predicted molar refractivity (Wildman–Crippen MR) is 56.5 cm³/mol. The van der Waals surface area contributed by atoms with Gasteiger partial charge in [0.05, 0.1) is 13.1 Å². The highest BCUT2D eigenvalue weighted by molar-refractivity contribution is 6.12. The van der Waals surface area contributed by atoms with Crippen LogP contribution in [0.2, 0.25) is 0 Å². The molecule has 0 atom stereocenters. The lowest BCUT2D eigenvalue weighted by Crippen LogP contribution is -2.59. The topological polar surface area (TPSA) is 150 Å². The number of nitrogens with two attached hydrogens (primary N) is 3. The molecule has 0 spiro atoms. The standard InChI is InChI=1S/C9H17N3O4/c10-4-6(13)9(12,7(14)5-11)3-1-2-8(15)16/h1-5,10-12H2,(H,15,16). The molecule has 0 aromatic heterocycles. The Morgan fingerprint density at radius 1 is 1.06 bits per heavy atom. The van der Waals surface area contributed by atoms with Crippen molar-refractivity contribution in [3.05, 3.63) is 0 Å². The Morgan fingerprint density at radius 3 is 1.81 bits per heavy atom. The van der Waals surface area contributed by atoms with Crippen LogP contribution in [0.3, 0.4) is 0 Å². The van der Waals surface area contributed by atoms with E-state index in [1.54, 1.807) is 0 Å². The number of ketones is 2. The zero-order valence-electron chi connectivity index (χ0n) is 8.94. The highest BCUT2D eigenvalue weighted by Crippen LogP contribution is 2.14. The largest absolute Gasteiger partial charge is 0.481 e. The summed E-state index contributed by atoms with van der Waals surface area (Å²) in [6.45, 7) is -0.732. The molecule has 0 aliphatic carbocycles. The van der Waals surface area contributed by atoms with Crippen LogP contribution < -0.4 is 17.2 Å². The third-order valence-corrected chi connectivity index (χ3v) is 2.33. The maximum absolute atomic E-state index is 11.4. The maximum Gasteiger partial charge on any atom is 0.303 e. The van der Waals surface area contributed by atoms with Crippen LogP contribution in [0.4, 0.5) is 0 Å². The molecule has 7 nitrogen and oxygen atoms in total. The van der Waals surface area contributed by atoms with Crippen LogP contribution in [0.25, 0.3) is 0 Å². The third-order valence-electron chi connectivity index (χ3n) is 2.33. The van der Waals surface area contributed by atoms with Crippen molar-refractivity contribution in [1.82, 2.24) is 0 Å². The molecule has 0 unspecified atom stereocenters. The number of hydrogen-bond donors (Lipinski definition) is 4. The molecule has 0 aromatic rings. The molecule has 0 heterocycles. The molecule has 0 bridgehead atoms. The van der Waals surface area contributed by atoms with Crippen LogP contribution >= 0.6 is 0 Å². The number of Topliss-reactive ketones (excluding diaryl/α,β-unsaturated/α-hetero) is 2. The third kappa shape index (κ3) is 3.69. The zero-order valence-corrected chi connectivity index (χ0v) is 8.94. The van der Waals surface area contributed by atoms with E-state index in [4.69, 9.17) is 22.3 Å². The summed E-state index contributed by atoms with van der Waals surface area (Å²) in [6, 6.07) is 0. The van der Waals surface area contributed by atoms with Crippen molar-refractivity contribution in [1.29, 1.82) is 0 Å². The molecule has 0 saturated heterocycles. The second kappa shape index (κ2) is 6.31. The van der Waals surface area contributed by atoms with E-state index >= 15 is 0 Å². The zero-order chi connectivity index (χ0) is 12.8. The van der Waals surface area contributed by atoms with Gasteiger partial charge in [-0.3, -0.25) is 14.4 Å². The van der Waals surface area contributed by atoms with Gasteiger partial charge in [0.1, 0.15) is 5.54 Å². The fraction of sp³-hybridized carbons (Fsp3) is 0.667. The molecular weight excluding hydrogens is 214 g/mol. The van der Waals surface area contributed by atoms with Crippen molar-refractivity contribution in [3.8, 4) is 0 Å². The number of carboxylic acid groups (broad SMARTS) is 1. The Hall–Kier alpha value is -1.31. The van der Waals surface area contributed by atoms with Crippen LogP contribution in [0, 0.1) is 0 Å². The van der Waals surface area contributed by atoms with Gasteiger partial charge in [-0.15, -0.1) is 0 Å². The van der Waals surface area contributed by atoms with Gasteiger partial charge < -0.3 is 22.3 Å². The number of carbonyl (C=O) groups excluding carboxylic acids is 2. The van der Waals surface area contributed by atoms with Crippen molar-refractivity contribution in [2.24, 2.45) is 17.2 Å². The van der Waals surface area contributed by atoms with Gasteiger partial charge in [-0.1, -0.05) is 0 Å². The Bertz CT molecular complexity index is 274. The number of carbonyl (C=O) groups is 3. The summed E-state index contributed by atoms with van der Waals surface area (Å²) in [7, 11) is 0. The maximum atomic E-state index is 11.4. The van der Waals surface area contributed by atoms with Gasteiger partial charge in [0, 0.05) is 6.42 Å². The molecule has 0 amide bonds. The monoisotopic (exact) mass is 231 g/mol. The lowest BCUT2D eigenvalue weighted by molar-refractivity contribution is -0.138. The molecule has 16 heavy (non-hydrogen) atoms. The fourth-order valence-electron chi connectivity index (χ4n) is 1.32. The molecule has 7 N–H and O–H groups in total. The average Bonchev–Trinajstić information content (AvgIpc) is 2.25. The Labute approximate surface area is 93.0 Å². The molecule has 0 fully saturated rings. The SMILES string of the molecule is NCC(=O)C(N)(CCCC(=O)O)C(=O)CN. The van der Waals surface area contributed by atoms with E-state index < -0.39 is 23.1 Å². The summed E-state index contributed by atoms with van der Waals surface area (Å²) in [5.41, 5.74) is 14.2. The molecule has 92 valence electrons. The number of aliphatic carboxylic acids is 1. The summed E-state index contributed by atoms with van der Waals surface area (Å²) < 4.78 is 0. The first kappa shape index (κ1) is 14.7. The first-order valence-corrected chi connectivity index (χ1v) is 4.86. The minimum atomic E-state index is -1.74. The van der Waals surface area contributed by atoms with Crippen molar-refractivity contribution >= 4 is 17.5 Å². The van der Waals surface area contributed by atoms with Crippen LogP contribution in [0.15, 0.2) is 0 Å². The van der Waals surface area contributed by atoms with Crippen molar-refractivity contribution in [2.75, 3.05) is 13.1 Å². The molecule has 7 heteroatoms. The van der Waals surface area contributed by atoms with Gasteiger partial charge in [0.25, 0.3) is 0 Å². The summed E-state index contributed by atoms with van der Waals surface area (Å²) in [4.78, 5) is 33.2. The molecule has 0 radical (unpaired) electrons. The molecule has 0 saturated carbocycles. The van der Waals surface area contributed by atoms with E-state index in [9.17, 15) is 14.4 Å². The van der Waals surface area contributed by atoms with E-state index in [-0.39, 0.29) is 32.4 Å². The van der Waals surface area contributed by atoms with Crippen LogP contribution in [-0.2, 0) is 14.4 Å². The second-order valence-electron chi connectivity index (χ2n) is 3.47. The van der Waals surface area contributed by atoms with E-state index in [0.29, 0.717) is 0 Å². The molecule has 0 aliphatic heterocycles. The van der Waals surface area contributed by atoms with Crippen LogP contribution in [0.5, 0.6) is 0 Å². The van der Waals surface area contributed by atoms with Gasteiger partial charge in [0.15, 0.2) is 11.6 Å². The van der Waals surface area contributed by atoms with Gasteiger partial charge in [-0.05, 0) is 12.8 Å². The summed E-state index contributed by atoms with van der Waals surface area (Å²) in [6.07, 6.45) is -0.0800. The average molecular weight is 231 g/mol. The van der Waals surface area contributed by atoms with Gasteiger partial charge in [-0.2, -0.15) is 0 Å². The number of hydrogen-bond acceptors (Lipinski definition) is 6. The lowest BCUT2D eigenvalue weighted by Gasteiger charge is -2.25. The minimum absolute atomic E-state index is 0.0502. The van der Waals surface area contributed by atoms with Crippen LogP contribution in [-0.4, -0.2) is 41.3 Å². The highest BCUT2D eigenvalue weighted by Gasteiger charge is 2.38. The second-order valence-corrected chi connectivity index (χ2v) is 3.47. The molecule has 0 aromatic carbocycles. The van der Waals surface area contributed by atoms with Gasteiger partial charge in [-0.25, -0.2) is 0 Å². The summed E-state index contributed by atoms with van der Waals surface area (Å²) >= 11 is 0. The highest BCUT2D eigenvalue weighted by atomic mass is 16.4. The molecule has 0 rings (SSSR count). The predicted octanol–water partition coefficient (Wildman–Crippen LogP) is -2.01. The smallest absolute Gasteiger partial charge is 0.303 e. The quantitative estimate of drug-likeness (QED) is 0.352. The molecular formula is C9H17N3O4. The van der Waals surface area contributed by atoms with E-state index in [1.807, 2.05) is 0 Å². The van der Waals surface area contributed by atoms with Crippen LogP contribution in [0.1, 0.15) is 19.3 Å². The number of rotatable bonds is 8. The Balaban J connectivity index is 4.61.